The Balaban J connectivity index is 2.69. The molecule has 17 heavy (non-hydrogen) atoms. The van der Waals surface area contributed by atoms with Crippen LogP contribution in [0.15, 0.2) is 18.2 Å². The molecule has 0 unspecified atom stereocenters. The summed E-state index contributed by atoms with van der Waals surface area (Å²) in [6.45, 7) is 0. The lowest BCUT2D eigenvalue weighted by Gasteiger charge is -2.10. The Labute approximate surface area is 95.6 Å². The number of carbonyl (C=O) groups is 1. The third-order valence-electron chi connectivity index (χ3n) is 1.87. The number of benzene rings is 1. The van der Waals surface area contributed by atoms with E-state index in [4.69, 9.17) is 10.5 Å². The molecular weight excluding hydrogens is 237 g/mol. The molecule has 0 fully saturated rings. The van der Waals surface area contributed by atoms with Gasteiger partial charge in [-0.05, 0) is 18.2 Å². The maximum Gasteiger partial charge on any atom is 0.397 e. The molecule has 0 saturated heterocycles. The van der Waals surface area contributed by atoms with Gasteiger partial charge in [0.2, 0.25) is 5.91 Å². The van der Waals surface area contributed by atoms with Gasteiger partial charge in [0.1, 0.15) is 12.2 Å². The highest BCUT2D eigenvalue weighted by Crippen LogP contribution is 2.25. The maximum atomic E-state index is 11.9. The van der Waals surface area contributed by atoms with Crippen molar-refractivity contribution in [3.05, 3.63) is 18.2 Å². The van der Waals surface area contributed by atoms with E-state index >= 15 is 0 Å². The van der Waals surface area contributed by atoms with Crippen LogP contribution in [0.1, 0.15) is 6.42 Å². The molecule has 0 heterocycles. The van der Waals surface area contributed by atoms with Gasteiger partial charge < -0.3 is 15.8 Å². The Morgan fingerprint density at radius 2 is 2.12 bits per heavy atom. The smallest absolute Gasteiger partial charge is 0.397 e. The molecule has 0 atom stereocenters. The highest BCUT2D eigenvalue weighted by atomic mass is 19.4. The Bertz CT molecular complexity index is 419. The SMILES string of the molecule is COc1ccc(NC(=O)CC(F)(F)F)cc1N. The summed E-state index contributed by atoms with van der Waals surface area (Å²) in [7, 11) is 1.41. The zero-order valence-corrected chi connectivity index (χ0v) is 8.97. The summed E-state index contributed by atoms with van der Waals surface area (Å²) in [4.78, 5) is 11.0. The van der Waals surface area contributed by atoms with Crippen molar-refractivity contribution in [2.75, 3.05) is 18.2 Å². The van der Waals surface area contributed by atoms with Crippen molar-refractivity contribution in [2.45, 2.75) is 12.6 Å². The summed E-state index contributed by atoms with van der Waals surface area (Å²) in [5.41, 5.74) is 5.96. The molecule has 94 valence electrons. The number of alkyl halides is 3. The molecule has 1 aromatic rings. The van der Waals surface area contributed by atoms with Gasteiger partial charge in [-0.25, -0.2) is 0 Å². The van der Waals surface area contributed by atoms with Gasteiger partial charge in [-0.1, -0.05) is 0 Å². The molecule has 0 spiro atoms. The summed E-state index contributed by atoms with van der Waals surface area (Å²) in [6.07, 6.45) is -6.05. The van der Waals surface area contributed by atoms with Gasteiger partial charge in [0.25, 0.3) is 0 Å². The molecule has 0 aliphatic carbocycles. The van der Waals surface area contributed by atoms with Crippen LogP contribution in [0.5, 0.6) is 5.75 Å². The van der Waals surface area contributed by atoms with E-state index in [-0.39, 0.29) is 11.4 Å². The van der Waals surface area contributed by atoms with Gasteiger partial charge in [-0.2, -0.15) is 13.2 Å². The normalized spacial score (nSPS) is 11.1. The van der Waals surface area contributed by atoms with Gasteiger partial charge in [0.05, 0.1) is 12.8 Å². The number of nitrogens with one attached hydrogen (secondary N) is 1. The number of carbonyl (C=O) groups excluding carboxylic acids is 1. The van der Waals surface area contributed by atoms with Crippen LogP contribution in [0.2, 0.25) is 0 Å². The fraction of sp³-hybridized carbons (Fsp3) is 0.300. The monoisotopic (exact) mass is 248 g/mol. The van der Waals surface area contributed by atoms with Gasteiger partial charge in [0, 0.05) is 5.69 Å². The number of methoxy groups -OCH3 is 1. The van der Waals surface area contributed by atoms with Crippen molar-refractivity contribution in [1.29, 1.82) is 0 Å². The summed E-state index contributed by atoms with van der Waals surface area (Å²) >= 11 is 0. The van der Waals surface area contributed by atoms with Crippen LogP contribution < -0.4 is 15.8 Å². The Morgan fingerprint density at radius 3 is 2.59 bits per heavy atom. The van der Waals surface area contributed by atoms with E-state index in [0.717, 1.165) is 0 Å². The number of hydrogen-bond acceptors (Lipinski definition) is 3. The van der Waals surface area contributed by atoms with Crippen molar-refractivity contribution in [3.63, 3.8) is 0 Å². The molecule has 0 aliphatic rings. The molecular formula is C10H11F3N2O2. The summed E-state index contributed by atoms with van der Waals surface area (Å²) < 4.78 is 40.6. The van der Waals surface area contributed by atoms with Crippen molar-refractivity contribution in [1.82, 2.24) is 0 Å². The Morgan fingerprint density at radius 1 is 1.47 bits per heavy atom. The van der Waals surface area contributed by atoms with Crippen LogP contribution in [0, 0.1) is 0 Å². The number of ether oxygens (including phenoxy) is 1. The van der Waals surface area contributed by atoms with Crippen molar-refractivity contribution in [3.8, 4) is 5.75 Å². The Kier molecular flexibility index (Phi) is 3.82. The van der Waals surface area contributed by atoms with Crippen molar-refractivity contribution in [2.24, 2.45) is 0 Å². The second-order valence-corrected chi connectivity index (χ2v) is 3.30. The first kappa shape index (κ1) is 13.1. The van der Waals surface area contributed by atoms with Gasteiger partial charge >= 0.3 is 6.18 Å². The number of anilines is 2. The van der Waals surface area contributed by atoms with Gasteiger partial charge in [0.15, 0.2) is 0 Å². The van der Waals surface area contributed by atoms with E-state index < -0.39 is 18.5 Å². The van der Waals surface area contributed by atoms with Crippen molar-refractivity contribution < 1.29 is 22.7 Å². The molecule has 0 aliphatic heterocycles. The zero-order valence-electron chi connectivity index (χ0n) is 8.97. The second-order valence-electron chi connectivity index (χ2n) is 3.30. The molecule has 1 aromatic carbocycles. The van der Waals surface area contributed by atoms with E-state index in [1.54, 1.807) is 0 Å². The lowest BCUT2D eigenvalue weighted by Crippen LogP contribution is -2.21. The predicted molar refractivity (Wildman–Crippen MR) is 56.7 cm³/mol. The molecule has 1 rings (SSSR count). The van der Waals surface area contributed by atoms with Crippen molar-refractivity contribution >= 4 is 17.3 Å². The highest BCUT2D eigenvalue weighted by molar-refractivity contribution is 5.91. The van der Waals surface area contributed by atoms with Gasteiger partial charge in [-0.3, -0.25) is 4.79 Å². The second kappa shape index (κ2) is 4.94. The number of nitrogens with two attached hydrogens (primary N) is 1. The van der Waals surface area contributed by atoms with Crippen LogP contribution in [-0.4, -0.2) is 19.2 Å². The van der Waals surface area contributed by atoms with Crippen LogP contribution in [0.4, 0.5) is 24.5 Å². The number of rotatable bonds is 3. The Hall–Kier alpha value is -1.92. The third-order valence-corrected chi connectivity index (χ3v) is 1.87. The topological polar surface area (TPSA) is 64.3 Å². The molecule has 1 amide bonds. The van der Waals surface area contributed by atoms with Crippen LogP contribution in [0.25, 0.3) is 0 Å². The molecule has 3 N–H and O–H groups in total. The lowest BCUT2D eigenvalue weighted by molar-refractivity contribution is -0.150. The number of hydrogen-bond donors (Lipinski definition) is 2. The largest absolute Gasteiger partial charge is 0.495 e. The van der Waals surface area contributed by atoms with Crippen LogP contribution in [0.3, 0.4) is 0 Å². The molecule has 0 aromatic heterocycles. The summed E-state index contributed by atoms with van der Waals surface area (Å²) in [5, 5.41) is 2.10. The first-order valence-electron chi connectivity index (χ1n) is 4.62. The minimum absolute atomic E-state index is 0.192. The first-order valence-corrected chi connectivity index (χ1v) is 4.62. The highest BCUT2D eigenvalue weighted by Gasteiger charge is 2.31. The molecule has 0 radical (unpaired) electrons. The third kappa shape index (κ3) is 4.21. The number of amides is 1. The quantitative estimate of drug-likeness (QED) is 0.806. The van der Waals surface area contributed by atoms with Crippen LogP contribution >= 0.6 is 0 Å². The standard InChI is InChI=1S/C10H11F3N2O2/c1-17-8-3-2-6(4-7(8)14)15-9(16)5-10(11,12)13/h2-4H,5,14H2,1H3,(H,15,16). The minimum atomic E-state index is -4.53. The number of halogens is 3. The minimum Gasteiger partial charge on any atom is -0.495 e. The molecule has 0 saturated carbocycles. The van der Waals surface area contributed by atoms with Gasteiger partial charge in [-0.15, -0.1) is 0 Å². The van der Waals surface area contributed by atoms with E-state index in [1.165, 1.54) is 25.3 Å². The average molecular weight is 248 g/mol. The summed E-state index contributed by atoms with van der Waals surface area (Å²) in [6, 6.07) is 4.19. The fourth-order valence-electron chi connectivity index (χ4n) is 1.20. The number of nitrogen functional groups attached to an aromatic ring is 1. The lowest BCUT2D eigenvalue weighted by atomic mass is 10.2. The predicted octanol–water partition coefficient (Wildman–Crippen LogP) is 2.17. The maximum absolute atomic E-state index is 11.9. The average Bonchev–Trinajstić information content (AvgIpc) is 2.14. The fourth-order valence-corrected chi connectivity index (χ4v) is 1.20. The van der Waals surface area contributed by atoms with E-state index in [1.807, 2.05) is 0 Å². The van der Waals surface area contributed by atoms with E-state index in [0.29, 0.717) is 5.75 Å². The summed E-state index contributed by atoms with van der Waals surface area (Å²) in [5.74, 6) is -0.749. The van der Waals surface area contributed by atoms with Crippen LogP contribution in [-0.2, 0) is 4.79 Å². The zero-order chi connectivity index (χ0) is 13.1. The first-order chi connectivity index (χ1) is 7.81. The molecule has 4 nitrogen and oxygen atoms in total. The molecule has 0 bridgehead atoms. The van der Waals surface area contributed by atoms with E-state index in [9.17, 15) is 18.0 Å². The van der Waals surface area contributed by atoms with E-state index in [2.05, 4.69) is 5.32 Å². The molecule has 7 heteroatoms.